The van der Waals surface area contributed by atoms with E-state index in [1.807, 2.05) is 12.2 Å². The van der Waals surface area contributed by atoms with Gasteiger partial charge in [0.05, 0.1) is 31.3 Å². The van der Waals surface area contributed by atoms with Crippen LogP contribution in [0, 0.1) is 11.8 Å². The van der Waals surface area contributed by atoms with Gasteiger partial charge in [0.25, 0.3) is 0 Å². The van der Waals surface area contributed by atoms with E-state index in [1.165, 1.54) is 0 Å². The molecule has 5 atom stereocenters. The topological polar surface area (TPSA) is 65.1 Å². The van der Waals surface area contributed by atoms with E-state index >= 15 is 0 Å². The predicted octanol–water partition coefficient (Wildman–Crippen LogP) is 0.511. The van der Waals surface area contributed by atoms with Crippen LogP contribution < -0.4 is 0 Å². The molecule has 0 saturated carbocycles. The molecule has 3 saturated heterocycles. The van der Waals surface area contributed by atoms with Crippen molar-refractivity contribution in [1.82, 2.24) is 4.90 Å². The van der Waals surface area contributed by atoms with Crippen LogP contribution in [-0.4, -0.2) is 60.9 Å². The second kappa shape index (κ2) is 5.06. The molecule has 0 aliphatic carbocycles. The first-order valence-electron chi connectivity index (χ1n) is 8.09. The smallest absolute Gasteiger partial charge is 0.312 e. The van der Waals surface area contributed by atoms with E-state index in [0.717, 1.165) is 19.4 Å². The lowest BCUT2D eigenvalue weighted by Gasteiger charge is -2.23. The molecule has 1 spiro atoms. The molecule has 22 heavy (non-hydrogen) atoms. The molecule has 0 aromatic heterocycles. The number of hydrogen-bond donors (Lipinski definition) is 0. The number of amides is 1. The van der Waals surface area contributed by atoms with Crippen molar-refractivity contribution >= 4 is 11.9 Å². The summed E-state index contributed by atoms with van der Waals surface area (Å²) in [6, 6.07) is 0. The maximum atomic E-state index is 12.8. The van der Waals surface area contributed by atoms with Gasteiger partial charge in [-0.05, 0) is 19.8 Å². The number of fused-ring (bicyclic) bond motifs is 1. The van der Waals surface area contributed by atoms with Gasteiger partial charge in [-0.1, -0.05) is 12.2 Å². The van der Waals surface area contributed by atoms with Crippen molar-refractivity contribution in [2.45, 2.75) is 37.6 Å². The van der Waals surface area contributed by atoms with E-state index in [0.29, 0.717) is 19.7 Å². The van der Waals surface area contributed by atoms with E-state index in [4.69, 9.17) is 14.2 Å². The molecule has 4 heterocycles. The maximum Gasteiger partial charge on any atom is 0.312 e. The van der Waals surface area contributed by atoms with Crippen LogP contribution in [-0.2, 0) is 23.8 Å². The van der Waals surface area contributed by atoms with Crippen LogP contribution in [0.3, 0.4) is 0 Å². The van der Waals surface area contributed by atoms with Crippen LogP contribution in [0.5, 0.6) is 0 Å². The molecule has 1 amide bonds. The molecular weight excluding hydrogens is 286 g/mol. The van der Waals surface area contributed by atoms with E-state index < -0.39 is 17.4 Å². The van der Waals surface area contributed by atoms with Gasteiger partial charge in [0, 0.05) is 13.2 Å². The number of likely N-dealkylation sites (tertiary alicyclic amines) is 1. The summed E-state index contributed by atoms with van der Waals surface area (Å²) in [5.41, 5.74) is -0.641. The summed E-state index contributed by atoms with van der Waals surface area (Å²) in [6.07, 6.45) is 5.69. The predicted molar refractivity (Wildman–Crippen MR) is 75.9 cm³/mol. The molecule has 120 valence electrons. The van der Waals surface area contributed by atoms with E-state index in [1.54, 1.807) is 11.8 Å². The molecule has 0 N–H and O–H groups in total. The van der Waals surface area contributed by atoms with Crippen molar-refractivity contribution < 1.29 is 23.8 Å². The minimum atomic E-state index is -0.641. The first kappa shape index (κ1) is 14.2. The highest BCUT2D eigenvalue weighted by Crippen LogP contribution is 2.52. The fourth-order valence-corrected chi connectivity index (χ4v) is 4.27. The third-order valence-electron chi connectivity index (χ3n) is 5.19. The Kier molecular flexibility index (Phi) is 3.27. The minimum Gasteiger partial charge on any atom is -0.466 e. The molecule has 0 aromatic rings. The van der Waals surface area contributed by atoms with Crippen molar-refractivity contribution in [3.8, 4) is 0 Å². The number of nitrogens with zero attached hydrogens (tertiary/aromatic N) is 1. The summed E-state index contributed by atoms with van der Waals surface area (Å²) in [6.45, 7) is 3.97. The highest BCUT2D eigenvalue weighted by Gasteiger charge is 2.67. The quantitative estimate of drug-likeness (QED) is 0.559. The van der Waals surface area contributed by atoms with Crippen LogP contribution in [0.2, 0.25) is 0 Å². The molecule has 4 aliphatic rings. The second-order valence-corrected chi connectivity index (χ2v) is 6.51. The number of hydrogen-bond acceptors (Lipinski definition) is 5. The molecule has 4 rings (SSSR count). The Morgan fingerprint density at radius 1 is 1.55 bits per heavy atom. The number of ether oxygens (including phenoxy) is 3. The lowest BCUT2D eigenvalue weighted by Crippen LogP contribution is -2.40. The first-order chi connectivity index (χ1) is 10.6. The van der Waals surface area contributed by atoms with Crippen LogP contribution in [0.1, 0.15) is 19.8 Å². The maximum absolute atomic E-state index is 12.8. The zero-order valence-corrected chi connectivity index (χ0v) is 12.7. The number of esters is 1. The van der Waals surface area contributed by atoms with E-state index in [9.17, 15) is 9.59 Å². The Labute approximate surface area is 129 Å². The third-order valence-corrected chi connectivity index (χ3v) is 5.19. The Balaban J connectivity index is 1.55. The van der Waals surface area contributed by atoms with Crippen LogP contribution in [0.15, 0.2) is 12.2 Å². The van der Waals surface area contributed by atoms with Gasteiger partial charge in [-0.15, -0.1) is 0 Å². The number of carbonyl (C=O) groups is 2. The summed E-state index contributed by atoms with van der Waals surface area (Å²) in [4.78, 5) is 26.9. The summed E-state index contributed by atoms with van der Waals surface area (Å²) < 4.78 is 16.8. The lowest BCUT2D eigenvalue weighted by molar-refractivity contribution is -0.153. The van der Waals surface area contributed by atoms with Gasteiger partial charge in [-0.25, -0.2) is 0 Å². The van der Waals surface area contributed by atoms with Crippen LogP contribution in [0.4, 0.5) is 0 Å². The highest BCUT2D eigenvalue weighted by atomic mass is 16.6. The molecule has 3 fully saturated rings. The van der Waals surface area contributed by atoms with Gasteiger partial charge < -0.3 is 19.1 Å². The Morgan fingerprint density at radius 2 is 2.41 bits per heavy atom. The normalized spacial score (nSPS) is 42.2. The highest BCUT2D eigenvalue weighted by molar-refractivity contribution is 5.91. The van der Waals surface area contributed by atoms with Gasteiger partial charge in [-0.3, -0.25) is 9.59 Å². The van der Waals surface area contributed by atoms with Crippen molar-refractivity contribution in [2.24, 2.45) is 11.8 Å². The molecule has 0 radical (unpaired) electrons. The fraction of sp³-hybridized carbons (Fsp3) is 0.750. The SMILES string of the molecule is CCOC(=O)[C@H]1[C@H]2C(=O)N(C[C@H]3CCCO3)C[C@@]23C=C[C@H]1O3. The Hall–Kier alpha value is -1.40. The standard InChI is InChI=1S/C16H21NO5/c1-2-20-15(19)12-11-5-6-16(22-11)9-17(14(18)13(12)16)8-10-4-3-7-21-10/h5-6,10-13H,2-4,7-9H2,1H3/t10-,11-,12-,13+,16+/m1/s1. The van der Waals surface area contributed by atoms with Gasteiger partial charge >= 0.3 is 5.97 Å². The van der Waals surface area contributed by atoms with Gasteiger partial charge in [0.2, 0.25) is 5.91 Å². The zero-order chi connectivity index (χ0) is 15.3. The summed E-state index contributed by atoms with van der Waals surface area (Å²) in [5, 5.41) is 0. The van der Waals surface area contributed by atoms with E-state index in [-0.39, 0.29) is 24.1 Å². The Morgan fingerprint density at radius 3 is 3.14 bits per heavy atom. The zero-order valence-electron chi connectivity index (χ0n) is 12.7. The molecule has 6 nitrogen and oxygen atoms in total. The minimum absolute atomic E-state index is 0.000373. The molecule has 2 bridgehead atoms. The third kappa shape index (κ3) is 1.93. The molecule has 0 unspecified atom stereocenters. The van der Waals surface area contributed by atoms with Crippen LogP contribution in [0.25, 0.3) is 0 Å². The number of carbonyl (C=O) groups excluding carboxylic acids is 2. The Bertz CT molecular complexity index is 527. The first-order valence-corrected chi connectivity index (χ1v) is 8.09. The summed E-state index contributed by atoms with van der Waals surface area (Å²) >= 11 is 0. The second-order valence-electron chi connectivity index (χ2n) is 6.51. The summed E-state index contributed by atoms with van der Waals surface area (Å²) in [5.74, 6) is -1.27. The van der Waals surface area contributed by atoms with Crippen LogP contribution >= 0.6 is 0 Å². The monoisotopic (exact) mass is 307 g/mol. The van der Waals surface area contributed by atoms with E-state index in [2.05, 4.69) is 0 Å². The number of rotatable bonds is 4. The van der Waals surface area contributed by atoms with Gasteiger partial charge in [0.1, 0.15) is 11.5 Å². The fourth-order valence-electron chi connectivity index (χ4n) is 4.27. The lowest BCUT2D eigenvalue weighted by atomic mass is 9.77. The molecule has 6 heteroatoms. The van der Waals surface area contributed by atoms with Crippen molar-refractivity contribution in [3.63, 3.8) is 0 Å². The van der Waals surface area contributed by atoms with Gasteiger partial charge in [0.15, 0.2) is 0 Å². The van der Waals surface area contributed by atoms with Crippen molar-refractivity contribution in [1.29, 1.82) is 0 Å². The van der Waals surface area contributed by atoms with Crippen molar-refractivity contribution in [3.05, 3.63) is 12.2 Å². The largest absolute Gasteiger partial charge is 0.466 e. The molecule has 4 aliphatic heterocycles. The molecular formula is C16H21NO5. The van der Waals surface area contributed by atoms with Gasteiger partial charge in [-0.2, -0.15) is 0 Å². The average Bonchev–Trinajstić information content (AvgIpc) is 3.23. The van der Waals surface area contributed by atoms with Crippen molar-refractivity contribution in [2.75, 3.05) is 26.3 Å². The average molecular weight is 307 g/mol. The summed E-state index contributed by atoms with van der Waals surface area (Å²) in [7, 11) is 0. The molecule has 0 aromatic carbocycles.